The molecule has 1 aliphatic carbocycles. The molecule has 4 heteroatoms. The van der Waals surface area contributed by atoms with Crippen LogP contribution >= 0.6 is 0 Å². The number of hydrogen-bond donors (Lipinski definition) is 2. The van der Waals surface area contributed by atoms with Crippen LogP contribution in [0, 0.1) is 11.8 Å². The van der Waals surface area contributed by atoms with Crippen LogP contribution in [-0.4, -0.2) is 30.5 Å². The Morgan fingerprint density at radius 3 is 2.56 bits per heavy atom. The highest BCUT2D eigenvalue weighted by Crippen LogP contribution is 2.28. The molecule has 0 saturated heterocycles. The number of carbonyl (C=O) groups excluding carboxylic acids is 1. The summed E-state index contributed by atoms with van der Waals surface area (Å²) in [7, 11) is 0. The van der Waals surface area contributed by atoms with Gasteiger partial charge in [0.05, 0.1) is 6.10 Å². The van der Waals surface area contributed by atoms with Gasteiger partial charge in [0.1, 0.15) is 0 Å². The van der Waals surface area contributed by atoms with E-state index in [0.29, 0.717) is 18.4 Å². The minimum absolute atomic E-state index is 0.0833. The van der Waals surface area contributed by atoms with Crippen LogP contribution in [0.2, 0.25) is 0 Å². The monoisotopic (exact) mass is 229 g/mol. The number of hydrogen-bond acceptors (Lipinski definition) is 3. The van der Waals surface area contributed by atoms with Gasteiger partial charge in [0.25, 0.3) is 0 Å². The molecule has 1 rings (SSSR count). The molecule has 2 N–H and O–H groups in total. The predicted octanol–water partition coefficient (Wildman–Crippen LogP) is 1.92. The fourth-order valence-corrected chi connectivity index (χ4v) is 2.26. The number of ether oxygens (including phenoxy) is 1. The van der Waals surface area contributed by atoms with Crippen molar-refractivity contribution in [1.29, 1.82) is 0 Å². The third-order valence-corrected chi connectivity index (χ3v) is 3.15. The second-order valence-corrected chi connectivity index (χ2v) is 4.82. The number of aliphatic hydroxyl groups excluding tert-OH is 1. The number of amides is 1. The summed E-state index contributed by atoms with van der Waals surface area (Å²) < 4.78 is 5.00. The first-order valence-electron chi connectivity index (χ1n) is 6.18. The number of aliphatic hydroxyl groups is 1. The van der Waals surface area contributed by atoms with Gasteiger partial charge in [-0.1, -0.05) is 12.8 Å². The van der Waals surface area contributed by atoms with E-state index in [0.717, 1.165) is 12.8 Å². The lowest BCUT2D eigenvalue weighted by molar-refractivity contribution is 0.103. The van der Waals surface area contributed by atoms with E-state index >= 15 is 0 Å². The van der Waals surface area contributed by atoms with Crippen LogP contribution in [0.15, 0.2) is 0 Å². The van der Waals surface area contributed by atoms with E-state index in [1.54, 1.807) is 0 Å². The van der Waals surface area contributed by atoms with E-state index in [9.17, 15) is 9.90 Å². The summed E-state index contributed by atoms with van der Waals surface area (Å²) in [6.07, 6.45) is 4.12. The maximum Gasteiger partial charge on any atom is 0.407 e. The molecule has 0 aliphatic heterocycles. The highest BCUT2D eigenvalue weighted by Gasteiger charge is 2.24. The van der Waals surface area contributed by atoms with Crippen molar-refractivity contribution >= 4 is 6.09 Å². The Labute approximate surface area is 97.4 Å². The molecule has 0 aromatic heterocycles. The van der Waals surface area contributed by atoms with Crippen LogP contribution < -0.4 is 5.32 Å². The minimum atomic E-state index is -0.350. The molecule has 2 unspecified atom stereocenters. The molecule has 0 aromatic carbocycles. The molecule has 94 valence electrons. The molecular weight excluding hydrogens is 206 g/mol. The Bertz CT molecular complexity index is 218. The van der Waals surface area contributed by atoms with E-state index in [-0.39, 0.29) is 18.8 Å². The van der Waals surface area contributed by atoms with Gasteiger partial charge in [0.2, 0.25) is 0 Å². The standard InChI is InChI=1S/C12H23NO3/c1-9(2)16-12(15)13-7-10-5-3-4-6-11(10)8-14/h9-11,14H,3-8H2,1-2H3,(H,13,15). The molecule has 0 radical (unpaired) electrons. The number of nitrogens with one attached hydrogen (secondary N) is 1. The summed E-state index contributed by atoms with van der Waals surface area (Å²) in [6.45, 7) is 4.51. The Morgan fingerprint density at radius 1 is 1.38 bits per heavy atom. The first-order chi connectivity index (χ1) is 7.63. The number of alkyl carbamates (subject to hydrolysis) is 1. The molecule has 0 bridgehead atoms. The third kappa shape index (κ3) is 4.39. The van der Waals surface area contributed by atoms with E-state index in [1.165, 1.54) is 12.8 Å². The van der Waals surface area contributed by atoms with Crippen LogP contribution in [-0.2, 0) is 4.74 Å². The zero-order chi connectivity index (χ0) is 12.0. The number of rotatable bonds is 4. The smallest absolute Gasteiger partial charge is 0.407 e. The lowest BCUT2D eigenvalue weighted by atomic mass is 9.80. The second kappa shape index (κ2) is 6.74. The first-order valence-corrected chi connectivity index (χ1v) is 6.18. The lowest BCUT2D eigenvalue weighted by Crippen LogP contribution is -2.36. The van der Waals surface area contributed by atoms with Crippen LogP contribution in [0.1, 0.15) is 39.5 Å². The average Bonchev–Trinajstić information content (AvgIpc) is 2.26. The molecule has 0 heterocycles. The van der Waals surface area contributed by atoms with Gasteiger partial charge in [-0.3, -0.25) is 0 Å². The summed E-state index contributed by atoms with van der Waals surface area (Å²) in [5.74, 6) is 0.742. The maximum atomic E-state index is 11.3. The van der Waals surface area contributed by atoms with Crippen molar-refractivity contribution in [1.82, 2.24) is 5.32 Å². The maximum absolute atomic E-state index is 11.3. The Hall–Kier alpha value is -0.770. The minimum Gasteiger partial charge on any atom is -0.447 e. The molecule has 16 heavy (non-hydrogen) atoms. The van der Waals surface area contributed by atoms with Gasteiger partial charge in [-0.25, -0.2) is 4.79 Å². The zero-order valence-electron chi connectivity index (χ0n) is 10.2. The Morgan fingerprint density at radius 2 is 2.00 bits per heavy atom. The third-order valence-electron chi connectivity index (χ3n) is 3.15. The van der Waals surface area contributed by atoms with Gasteiger partial charge in [0.15, 0.2) is 0 Å². The lowest BCUT2D eigenvalue weighted by Gasteiger charge is -2.30. The van der Waals surface area contributed by atoms with E-state index in [1.807, 2.05) is 13.8 Å². The summed E-state index contributed by atoms with van der Waals surface area (Å²) in [4.78, 5) is 11.3. The SMILES string of the molecule is CC(C)OC(=O)NCC1CCCCC1CO. The molecule has 4 nitrogen and oxygen atoms in total. The number of carbonyl (C=O) groups is 1. The molecule has 2 atom stereocenters. The van der Waals surface area contributed by atoms with Crippen molar-refractivity contribution in [3.63, 3.8) is 0 Å². The summed E-state index contributed by atoms with van der Waals surface area (Å²) >= 11 is 0. The van der Waals surface area contributed by atoms with Gasteiger partial charge in [0, 0.05) is 13.2 Å². The predicted molar refractivity (Wildman–Crippen MR) is 62.2 cm³/mol. The van der Waals surface area contributed by atoms with Gasteiger partial charge in [-0.05, 0) is 38.5 Å². The topological polar surface area (TPSA) is 58.6 Å². The molecule has 1 aliphatic rings. The van der Waals surface area contributed by atoms with Crippen LogP contribution in [0.4, 0.5) is 4.79 Å². The van der Waals surface area contributed by atoms with Crippen molar-refractivity contribution in [2.75, 3.05) is 13.2 Å². The summed E-state index contributed by atoms with van der Waals surface area (Å²) in [5.41, 5.74) is 0. The summed E-state index contributed by atoms with van der Waals surface area (Å²) in [6, 6.07) is 0. The van der Waals surface area contributed by atoms with E-state index in [4.69, 9.17) is 4.74 Å². The molecular formula is C12H23NO3. The van der Waals surface area contributed by atoms with Gasteiger partial charge in [-0.2, -0.15) is 0 Å². The molecule has 0 aromatic rings. The summed E-state index contributed by atoms with van der Waals surface area (Å²) in [5, 5.41) is 12.0. The molecule has 1 saturated carbocycles. The fraction of sp³-hybridized carbons (Fsp3) is 0.917. The van der Waals surface area contributed by atoms with Crippen molar-refractivity contribution in [2.45, 2.75) is 45.6 Å². The highest BCUT2D eigenvalue weighted by molar-refractivity contribution is 5.67. The molecule has 1 amide bonds. The van der Waals surface area contributed by atoms with Crippen molar-refractivity contribution < 1.29 is 14.6 Å². The van der Waals surface area contributed by atoms with Crippen molar-refractivity contribution in [3.8, 4) is 0 Å². The van der Waals surface area contributed by atoms with Crippen LogP contribution in [0.25, 0.3) is 0 Å². The second-order valence-electron chi connectivity index (χ2n) is 4.82. The average molecular weight is 229 g/mol. The molecule has 1 fully saturated rings. The van der Waals surface area contributed by atoms with Crippen molar-refractivity contribution in [2.24, 2.45) is 11.8 Å². The Balaban J connectivity index is 2.27. The quantitative estimate of drug-likeness (QED) is 0.774. The first kappa shape index (κ1) is 13.3. The van der Waals surface area contributed by atoms with Crippen LogP contribution in [0.5, 0.6) is 0 Å². The van der Waals surface area contributed by atoms with Gasteiger partial charge in [-0.15, -0.1) is 0 Å². The van der Waals surface area contributed by atoms with Crippen molar-refractivity contribution in [3.05, 3.63) is 0 Å². The van der Waals surface area contributed by atoms with Crippen LogP contribution in [0.3, 0.4) is 0 Å². The zero-order valence-corrected chi connectivity index (χ0v) is 10.2. The molecule has 0 spiro atoms. The largest absolute Gasteiger partial charge is 0.447 e. The fourth-order valence-electron chi connectivity index (χ4n) is 2.26. The Kier molecular flexibility index (Phi) is 5.60. The highest BCUT2D eigenvalue weighted by atomic mass is 16.6. The van der Waals surface area contributed by atoms with E-state index < -0.39 is 0 Å². The van der Waals surface area contributed by atoms with Gasteiger partial charge >= 0.3 is 6.09 Å². The van der Waals surface area contributed by atoms with Gasteiger partial charge < -0.3 is 15.2 Å². The normalized spacial score (nSPS) is 25.5. The van der Waals surface area contributed by atoms with E-state index in [2.05, 4.69) is 5.32 Å².